The lowest BCUT2D eigenvalue weighted by Gasteiger charge is -2.14. The summed E-state index contributed by atoms with van der Waals surface area (Å²) in [5, 5.41) is 5.12. The summed E-state index contributed by atoms with van der Waals surface area (Å²) in [6.45, 7) is 0. The molecule has 0 aliphatic carbocycles. The van der Waals surface area contributed by atoms with Crippen molar-refractivity contribution in [1.82, 2.24) is 15.0 Å². The third-order valence-corrected chi connectivity index (χ3v) is 14.1. The lowest BCUT2D eigenvalue weighted by atomic mass is 9.94. The van der Waals surface area contributed by atoms with Crippen molar-refractivity contribution in [1.29, 1.82) is 0 Å². The first-order valence-corrected chi connectivity index (χ1v) is 22.3. The molecule has 0 atom stereocenters. The average molecular weight is 826 g/mol. The van der Waals surface area contributed by atoms with E-state index in [2.05, 4.69) is 199 Å². The molecule has 8 aromatic carbocycles. The number of fused-ring (bicyclic) bond motifs is 6. The molecule has 12 rings (SSSR count). The van der Waals surface area contributed by atoms with Gasteiger partial charge in [-0.3, -0.25) is 4.98 Å². The van der Waals surface area contributed by atoms with Crippen molar-refractivity contribution < 1.29 is 0 Å². The number of thiophene rings is 2. The lowest BCUT2D eigenvalue weighted by Crippen LogP contribution is -1.97. The van der Waals surface area contributed by atoms with Crippen LogP contribution in [0.15, 0.2) is 213 Å². The number of aromatic nitrogens is 3. The van der Waals surface area contributed by atoms with Crippen molar-refractivity contribution in [3.63, 3.8) is 0 Å². The second-order valence-electron chi connectivity index (χ2n) is 15.6. The van der Waals surface area contributed by atoms with Gasteiger partial charge in [0.1, 0.15) is 0 Å². The number of hydrogen-bond acceptors (Lipinski definition) is 5. The van der Waals surface area contributed by atoms with Gasteiger partial charge in [-0.05, 0) is 111 Å². The maximum Gasteiger partial charge on any atom is 0.160 e. The summed E-state index contributed by atoms with van der Waals surface area (Å²) in [5.41, 5.74) is 13.8. The lowest BCUT2D eigenvalue weighted by molar-refractivity contribution is 1.18. The molecule has 0 spiro atoms. The summed E-state index contributed by atoms with van der Waals surface area (Å²) in [5.74, 6) is 0.674. The van der Waals surface area contributed by atoms with Gasteiger partial charge < -0.3 is 0 Å². The summed E-state index contributed by atoms with van der Waals surface area (Å²) in [4.78, 5) is 15.1. The van der Waals surface area contributed by atoms with Gasteiger partial charge in [0.25, 0.3) is 0 Å². The first-order valence-electron chi connectivity index (χ1n) is 20.7. The van der Waals surface area contributed by atoms with Crippen molar-refractivity contribution in [3.8, 4) is 78.4 Å². The maximum absolute atomic E-state index is 5.39. The Morgan fingerprint density at radius 3 is 1.26 bits per heavy atom. The highest BCUT2D eigenvalue weighted by Crippen LogP contribution is 2.41. The van der Waals surface area contributed by atoms with E-state index in [9.17, 15) is 0 Å². The zero-order valence-electron chi connectivity index (χ0n) is 33.4. The molecule has 0 fully saturated rings. The van der Waals surface area contributed by atoms with Crippen LogP contribution in [0.4, 0.5) is 0 Å². The van der Waals surface area contributed by atoms with Crippen molar-refractivity contribution >= 4 is 63.0 Å². The summed E-state index contributed by atoms with van der Waals surface area (Å²) < 4.78 is 5.17. The molecule has 12 aromatic rings. The maximum atomic E-state index is 5.39. The van der Waals surface area contributed by atoms with E-state index in [1.807, 2.05) is 34.9 Å². The predicted octanol–water partition coefficient (Wildman–Crippen LogP) is 16.3. The zero-order chi connectivity index (χ0) is 41.0. The Labute approximate surface area is 366 Å². The van der Waals surface area contributed by atoms with Crippen LogP contribution in [0.25, 0.3) is 119 Å². The fourth-order valence-corrected chi connectivity index (χ4v) is 10.8. The number of nitrogens with zero attached hydrogens (tertiary/aromatic N) is 3. The molecule has 5 heteroatoms. The molecule has 290 valence electrons. The van der Waals surface area contributed by atoms with Crippen LogP contribution >= 0.6 is 22.7 Å². The zero-order valence-corrected chi connectivity index (χ0v) is 35.0. The van der Waals surface area contributed by atoms with E-state index in [1.54, 1.807) is 6.20 Å². The molecule has 0 bridgehead atoms. The van der Waals surface area contributed by atoms with Crippen LogP contribution in [0, 0.1) is 0 Å². The molecule has 62 heavy (non-hydrogen) atoms. The molecule has 0 saturated carbocycles. The Kier molecular flexibility index (Phi) is 8.87. The molecule has 0 radical (unpaired) electrons. The number of rotatable bonds is 7. The highest BCUT2D eigenvalue weighted by atomic mass is 32.1. The van der Waals surface area contributed by atoms with Crippen LogP contribution in [0.2, 0.25) is 0 Å². The molecule has 4 aromatic heterocycles. The van der Waals surface area contributed by atoms with E-state index in [0.717, 1.165) is 67.0 Å². The van der Waals surface area contributed by atoms with Gasteiger partial charge >= 0.3 is 0 Å². The van der Waals surface area contributed by atoms with Crippen LogP contribution in [-0.2, 0) is 0 Å². The number of hydrogen-bond donors (Lipinski definition) is 0. The largest absolute Gasteiger partial charge is 0.264 e. The van der Waals surface area contributed by atoms with E-state index in [1.165, 1.54) is 45.9 Å². The fraction of sp³-hybridized carbons (Fsp3) is 0. The Bertz CT molecular complexity index is 3380. The molecule has 0 amide bonds. The van der Waals surface area contributed by atoms with Crippen LogP contribution in [-0.4, -0.2) is 15.0 Å². The molecule has 3 nitrogen and oxygen atoms in total. The second kappa shape index (κ2) is 15.2. The highest BCUT2D eigenvalue weighted by Gasteiger charge is 2.16. The van der Waals surface area contributed by atoms with Crippen molar-refractivity contribution in [2.45, 2.75) is 0 Å². The Morgan fingerprint density at radius 2 is 0.710 bits per heavy atom. The fourth-order valence-electron chi connectivity index (χ4n) is 8.60. The van der Waals surface area contributed by atoms with Crippen LogP contribution in [0.1, 0.15) is 0 Å². The quantitative estimate of drug-likeness (QED) is 0.161. The van der Waals surface area contributed by atoms with E-state index < -0.39 is 0 Å². The summed E-state index contributed by atoms with van der Waals surface area (Å²) in [6.07, 6.45) is 3.70. The van der Waals surface area contributed by atoms with Gasteiger partial charge in [-0.25, -0.2) is 9.97 Å². The Balaban J connectivity index is 1.05. The number of pyridine rings is 1. The van der Waals surface area contributed by atoms with Crippen LogP contribution < -0.4 is 0 Å². The molecule has 0 N–H and O–H groups in total. The summed E-state index contributed by atoms with van der Waals surface area (Å²) in [6, 6.07) is 72.0. The van der Waals surface area contributed by atoms with Crippen molar-refractivity contribution in [3.05, 3.63) is 213 Å². The van der Waals surface area contributed by atoms with E-state index in [4.69, 9.17) is 9.97 Å². The van der Waals surface area contributed by atoms with Crippen LogP contribution in [0.5, 0.6) is 0 Å². The third kappa shape index (κ3) is 6.65. The van der Waals surface area contributed by atoms with Gasteiger partial charge in [-0.2, -0.15) is 0 Å². The van der Waals surface area contributed by atoms with Crippen molar-refractivity contribution in [2.24, 2.45) is 0 Å². The molecule has 4 heterocycles. The molecule has 0 aliphatic heterocycles. The SMILES string of the molecule is c1ccc(-c2ccc(-c3cc(-c4ccc(-c5cccnc5)cc4)nc(-c4cc(-c5ccc6sc7ccccc7c6c5)cc(-c5ccc6sc7ccccc7c6c5)c4)n3)cc2)cc1. The third-order valence-electron chi connectivity index (χ3n) is 11.8. The van der Waals surface area contributed by atoms with Gasteiger partial charge in [0, 0.05) is 69.4 Å². The smallest absolute Gasteiger partial charge is 0.160 e. The summed E-state index contributed by atoms with van der Waals surface area (Å²) in [7, 11) is 0. The minimum absolute atomic E-state index is 0.674. The van der Waals surface area contributed by atoms with Crippen LogP contribution in [0.3, 0.4) is 0 Å². The topological polar surface area (TPSA) is 38.7 Å². The van der Waals surface area contributed by atoms with Gasteiger partial charge in [-0.15, -0.1) is 22.7 Å². The Hall–Kier alpha value is -7.57. The Morgan fingerprint density at radius 1 is 0.274 bits per heavy atom. The molecule has 0 unspecified atom stereocenters. The molecular formula is C57H35N3S2. The molecule has 0 aliphatic rings. The van der Waals surface area contributed by atoms with Gasteiger partial charge in [0.15, 0.2) is 5.82 Å². The monoisotopic (exact) mass is 825 g/mol. The van der Waals surface area contributed by atoms with Gasteiger partial charge in [0.05, 0.1) is 11.4 Å². The standard InChI is InChI=1S/C57H35N3S2/c1-2-9-36(10-3-1)37-16-20-39(21-17-37)51-34-52(40-22-18-38(19-23-40)43-11-8-28-58-35-43)60-57(59-51)46-30-44(41-24-26-55-49(32-41)47-12-4-6-14-53(47)61-55)29-45(31-46)42-25-27-56-50(33-42)48-13-5-7-15-54(48)62-56/h1-35H. The average Bonchev–Trinajstić information content (AvgIpc) is 3.92. The highest BCUT2D eigenvalue weighted by molar-refractivity contribution is 7.26. The minimum Gasteiger partial charge on any atom is -0.264 e. The van der Waals surface area contributed by atoms with Gasteiger partial charge in [-0.1, -0.05) is 133 Å². The molecular weight excluding hydrogens is 791 g/mol. The van der Waals surface area contributed by atoms with E-state index in [0.29, 0.717) is 5.82 Å². The minimum atomic E-state index is 0.674. The van der Waals surface area contributed by atoms with Crippen molar-refractivity contribution in [2.75, 3.05) is 0 Å². The van der Waals surface area contributed by atoms with Gasteiger partial charge in [0.2, 0.25) is 0 Å². The second-order valence-corrected chi connectivity index (χ2v) is 17.8. The van der Waals surface area contributed by atoms with E-state index >= 15 is 0 Å². The first-order chi connectivity index (χ1) is 30.7. The first kappa shape index (κ1) is 36.3. The predicted molar refractivity (Wildman–Crippen MR) is 264 cm³/mol. The molecule has 0 saturated heterocycles. The number of benzene rings is 8. The normalized spacial score (nSPS) is 11.5. The van der Waals surface area contributed by atoms with E-state index in [-0.39, 0.29) is 0 Å². The summed E-state index contributed by atoms with van der Waals surface area (Å²) >= 11 is 3.69.